The van der Waals surface area contributed by atoms with E-state index in [9.17, 15) is 10.2 Å². The maximum absolute atomic E-state index is 10.2. The van der Waals surface area contributed by atoms with Crippen molar-refractivity contribution in [1.82, 2.24) is 4.98 Å². The summed E-state index contributed by atoms with van der Waals surface area (Å²) in [7, 11) is 0. The van der Waals surface area contributed by atoms with Gasteiger partial charge in [0.15, 0.2) is 0 Å². The Balaban J connectivity index is 2.04. The third-order valence-corrected chi connectivity index (χ3v) is 4.31. The number of halogens is 1. The van der Waals surface area contributed by atoms with E-state index in [1.165, 1.54) is 6.07 Å². The molecule has 5 nitrogen and oxygen atoms in total. The molecule has 0 bridgehead atoms. The summed E-state index contributed by atoms with van der Waals surface area (Å²) < 4.78 is 0.786. The fourth-order valence-corrected chi connectivity index (χ4v) is 2.98. The molecule has 2 N–H and O–H groups in total. The van der Waals surface area contributed by atoms with Crippen molar-refractivity contribution in [2.75, 3.05) is 0 Å². The van der Waals surface area contributed by atoms with E-state index in [1.807, 2.05) is 0 Å². The minimum absolute atomic E-state index is 0.0133. The van der Waals surface area contributed by atoms with Crippen LogP contribution < -0.4 is 0 Å². The molecule has 0 radical (unpaired) electrons. The number of phenols is 1. The van der Waals surface area contributed by atoms with Gasteiger partial charge in [-0.2, -0.15) is 0 Å². The summed E-state index contributed by atoms with van der Waals surface area (Å²) in [6.45, 7) is 0. The summed E-state index contributed by atoms with van der Waals surface area (Å²) in [6, 6.07) is 8.18. The van der Waals surface area contributed by atoms with Gasteiger partial charge in [-0.1, -0.05) is 21.1 Å². The van der Waals surface area contributed by atoms with Crippen molar-refractivity contribution in [3.05, 3.63) is 52.3 Å². The summed E-state index contributed by atoms with van der Waals surface area (Å²) >= 11 is 3.38. The molecule has 0 spiro atoms. The number of oxime groups is 1. The van der Waals surface area contributed by atoms with Crippen LogP contribution in [0.4, 0.5) is 0 Å². The molecule has 0 aliphatic heterocycles. The van der Waals surface area contributed by atoms with Gasteiger partial charge in [0.2, 0.25) is 0 Å². The van der Waals surface area contributed by atoms with Gasteiger partial charge >= 0.3 is 0 Å². The smallest absolute Gasteiger partial charge is 0.143 e. The average Bonchev–Trinajstić information content (AvgIpc) is 3.06. The maximum Gasteiger partial charge on any atom is 0.143 e. The van der Waals surface area contributed by atoms with Gasteiger partial charge in [-0.25, -0.2) is 0 Å². The molecule has 120 valence electrons. The van der Waals surface area contributed by atoms with Crippen LogP contribution in [-0.4, -0.2) is 27.0 Å². The van der Waals surface area contributed by atoms with Gasteiger partial charge in [0.25, 0.3) is 0 Å². The first-order chi connectivity index (χ1) is 11.1. The Hall–Kier alpha value is -2.08. The minimum atomic E-state index is -0.0133. The summed E-state index contributed by atoms with van der Waals surface area (Å²) in [5.41, 5.74) is 1.04. The number of hydrogen-bond donors (Lipinski definition) is 2. The van der Waals surface area contributed by atoms with E-state index in [0.717, 1.165) is 30.2 Å². The molecule has 0 atom stereocenters. The second-order valence-electron chi connectivity index (χ2n) is 5.48. The van der Waals surface area contributed by atoms with Crippen LogP contribution in [0.5, 0.6) is 11.5 Å². The second kappa shape index (κ2) is 7.00. The van der Waals surface area contributed by atoms with Gasteiger partial charge < -0.3 is 15.1 Å². The van der Waals surface area contributed by atoms with Crippen LogP contribution >= 0.6 is 15.9 Å². The van der Waals surface area contributed by atoms with Crippen LogP contribution in [0.25, 0.3) is 0 Å². The molecule has 3 rings (SSSR count). The summed E-state index contributed by atoms with van der Waals surface area (Å²) in [6.07, 6.45) is 5.84. The number of nitrogens with zero attached hydrogens (tertiary/aromatic N) is 2. The third-order valence-electron chi connectivity index (χ3n) is 3.82. The topological polar surface area (TPSA) is 74.9 Å². The van der Waals surface area contributed by atoms with Crippen LogP contribution in [0.3, 0.4) is 0 Å². The molecule has 1 saturated carbocycles. The van der Waals surface area contributed by atoms with Crippen molar-refractivity contribution in [1.29, 1.82) is 0 Å². The SMILES string of the molecule is Oc1ccc(Br)cc1/C(=N/OC1CCCC1)c1ncccc1O. The number of rotatable bonds is 4. The Morgan fingerprint density at radius 1 is 1.17 bits per heavy atom. The first-order valence-electron chi connectivity index (χ1n) is 7.52. The largest absolute Gasteiger partial charge is 0.507 e. The number of phenolic OH excluding ortho intramolecular Hbond substituents is 1. The average molecular weight is 377 g/mol. The lowest BCUT2D eigenvalue weighted by atomic mass is 10.1. The zero-order valence-corrected chi connectivity index (χ0v) is 14.0. The molecule has 23 heavy (non-hydrogen) atoms. The highest BCUT2D eigenvalue weighted by Crippen LogP contribution is 2.28. The minimum Gasteiger partial charge on any atom is -0.507 e. The molecule has 1 aromatic heterocycles. The zero-order chi connectivity index (χ0) is 16.2. The molecule has 0 amide bonds. The van der Waals surface area contributed by atoms with E-state index >= 15 is 0 Å². The van der Waals surface area contributed by atoms with Crippen LogP contribution in [0, 0.1) is 0 Å². The van der Waals surface area contributed by atoms with Crippen LogP contribution in [0.1, 0.15) is 36.9 Å². The quantitative estimate of drug-likeness (QED) is 0.625. The molecule has 6 heteroatoms. The second-order valence-corrected chi connectivity index (χ2v) is 6.40. The van der Waals surface area contributed by atoms with Crippen molar-refractivity contribution in [3.8, 4) is 11.5 Å². The predicted molar refractivity (Wildman–Crippen MR) is 90.7 cm³/mol. The van der Waals surface area contributed by atoms with Crippen molar-refractivity contribution < 1.29 is 15.1 Å². The summed E-state index contributed by atoms with van der Waals surface area (Å²) in [5, 5.41) is 24.5. The zero-order valence-electron chi connectivity index (χ0n) is 12.4. The van der Waals surface area contributed by atoms with Crippen LogP contribution in [0.15, 0.2) is 46.2 Å². The Morgan fingerprint density at radius 3 is 2.70 bits per heavy atom. The van der Waals surface area contributed by atoms with E-state index in [0.29, 0.717) is 11.3 Å². The van der Waals surface area contributed by atoms with Crippen molar-refractivity contribution in [3.63, 3.8) is 0 Å². The van der Waals surface area contributed by atoms with Crippen molar-refractivity contribution >= 4 is 21.6 Å². The number of benzene rings is 1. The molecule has 1 aliphatic carbocycles. The van der Waals surface area contributed by atoms with E-state index in [1.54, 1.807) is 30.5 Å². The number of pyridine rings is 1. The Labute approximate surface area is 142 Å². The Kier molecular flexibility index (Phi) is 4.81. The van der Waals surface area contributed by atoms with Gasteiger partial charge in [0.1, 0.15) is 29.0 Å². The molecule has 1 aliphatic rings. The fraction of sp³-hybridized carbons (Fsp3) is 0.294. The standard InChI is InChI=1S/C17H17BrN2O3/c18-11-7-8-14(21)13(10-11)16(17-15(22)6-3-9-19-17)20-23-12-4-1-2-5-12/h3,6-10,12,21-22H,1-2,4-5H2/b20-16-. The van der Waals surface area contributed by atoms with Gasteiger partial charge in [-0.05, 0) is 56.0 Å². The molecule has 0 saturated heterocycles. The number of aromatic hydroxyl groups is 2. The highest BCUT2D eigenvalue weighted by Gasteiger charge is 2.21. The lowest BCUT2D eigenvalue weighted by Gasteiger charge is -2.12. The molecule has 1 aromatic carbocycles. The molecule has 1 fully saturated rings. The van der Waals surface area contributed by atoms with Crippen LogP contribution in [0.2, 0.25) is 0 Å². The monoisotopic (exact) mass is 376 g/mol. The molecule has 1 heterocycles. The molecular formula is C17H17BrN2O3. The molecule has 0 unspecified atom stereocenters. The highest BCUT2D eigenvalue weighted by atomic mass is 79.9. The fourth-order valence-electron chi connectivity index (χ4n) is 2.62. The summed E-state index contributed by atoms with van der Waals surface area (Å²) in [4.78, 5) is 9.82. The van der Waals surface area contributed by atoms with E-state index < -0.39 is 0 Å². The lowest BCUT2D eigenvalue weighted by molar-refractivity contribution is 0.0646. The Bertz CT molecular complexity index is 728. The number of hydrogen-bond acceptors (Lipinski definition) is 5. The normalized spacial score (nSPS) is 15.8. The third kappa shape index (κ3) is 3.64. The van der Waals surface area contributed by atoms with Crippen molar-refractivity contribution in [2.45, 2.75) is 31.8 Å². The Morgan fingerprint density at radius 2 is 1.96 bits per heavy atom. The van der Waals surface area contributed by atoms with Gasteiger partial charge in [-0.3, -0.25) is 4.98 Å². The maximum atomic E-state index is 10.2. The van der Waals surface area contributed by atoms with Gasteiger partial charge in [0, 0.05) is 16.2 Å². The van der Waals surface area contributed by atoms with Gasteiger partial charge in [0.05, 0.1) is 0 Å². The predicted octanol–water partition coefficient (Wildman–Crippen LogP) is 3.97. The van der Waals surface area contributed by atoms with E-state index in [-0.39, 0.29) is 23.3 Å². The molecular weight excluding hydrogens is 360 g/mol. The van der Waals surface area contributed by atoms with Gasteiger partial charge in [-0.15, -0.1) is 0 Å². The number of aromatic nitrogens is 1. The first kappa shape index (κ1) is 15.8. The lowest BCUT2D eigenvalue weighted by Crippen LogP contribution is -2.11. The highest BCUT2D eigenvalue weighted by molar-refractivity contribution is 9.10. The van der Waals surface area contributed by atoms with E-state index in [2.05, 4.69) is 26.1 Å². The molecule has 2 aromatic rings. The summed E-state index contributed by atoms with van der Waals surface area (Å²) in [5.74, 6) is 0.0349. The van der Waals surface area contributed by atoms with Crippen molar-refractivity contribution in [2.24, 2.45) is 5.16 Å². The van der Waals surface area contributed by atoms with Crippen LogP contribution in [-0.2, 0) is 4.84 Å². The van der Waals surface area contributed by atoms with E-state index in [4.69, 9.17) is 4.84 Å². The first-order valence-corrected chi connectivity index (χ1v) is 8.31.